The zero-order chi connectivity index (χ0) is 13.6. The first-order valence-corrected chi connectivity index (χ1v) is 9.03. The van der Waals surface area contributed by atoms with Gasteiger partial charge in [-0.2, -0.15) is 11.3 Å². The molecule has 1 saturated carbocycles. The van der Waals surface area contributed by atoms with Crippen LogP contribution >= 0.6 is 11.3 Å². The molecule has 19 heavy (non-hydrogen) atoms. The summed E-state index contributed by atoms with van der Waals surface area (Å²) in [6.07, 6.45) is 3.50. The van der Waals surface area contributed by atoms with Gasteiger partial charge in [0.25, 0.3) is 0 Å². The van der Waals surface area contributed by atoms with E-state index in [1.54, 1.807) is 17.6 Å². The minimum absolute atomic E-state index is 0.000728. The summed E-state index contributed by atoms with van der Waals surface area (Å²) >= 11 is 1.64. The summed E-state index contributed by atoms with van der Waals surface area (Å²) in [6, 6.07) is 2.05. The standard InChI is InChI=1S/C13H18N2O2S2/c1-9(19(2)17)7-15-11(10-3-6-18-8-10)14-13(4-5-13)12(15)16/h3,6,8-9,11,14H,4-5,7H2,1-2H3. The van der Waals surface area contributed by atoms with Crippen LogP contribution in [-0.2, 0) is 15.6 Å². The van der Waals surface area contributed by atoms with Gasteiger partial charge in [0.05, 0.1) is 0 Å². The number of amides is 1. The lowest BCUT2D eigenvalue weighted by Gasteiger charge is -2.26. The Labute approximate surface area is 119 Å². The summed E-state index contributed by atoms with van der Waals surface area (Å²) in [5, 5.41) is 7.58. The number of nitrogens with zero attached hydrogens (tertiary/aromatic N) is 1. The summed E-state index contributed by atoms with van der Waals surface area (Å²) in [5.41, 5.74) is 0.817. The summed E-state index contributed by atoms with van der Waals surface area (Å²) in [4.78, 5) is 14.4. The molecule has 1 spiro atoms. The number of hydrogen-bond donors (Lipinski definition) is 1. The van der Waals surface area contributed by atoms with Gasteiger partial charge in [-0.3, -0.25) is 14.3 Å². The zero-order valence-electron chi connectivity index (χ0n) is 11.1. The SMILES string of the molecule is CC(CN1C(=O)C2(CC2)NC1c1ccsc1)S(C)=O. The lowest BCUT2D eigenvalue weighted by atomic mass is 10.2. The van der Waals surface area contributed by atoms with Gasteiger partial charge in [-0.1, -0.05) is 0 Å². The van der Waals surface area contributed by atoms with Crippen LogP contribution in [0.3, 0.4) is 0 Å². The van der Waals surface area contributed by atoms with Crippen LogP contribution in [0.25, 0.3) is 0 Å². The molecule has 4 nitrogen and oxygen atoms in total. The molecule has 2 fully saturated rings. The molecule has 2 aliphatic rings. The predicted molar refractivity (Wildman–Crippen MR) is 77.4 cm³/mol. The van der Waals surface area contributed by atoms with E-state index >= 15 is 0 Å². The fourth-order valence-electron chi connectivity index (χ4n) is 2.54. The van der Waals surface area contributed by atoms with E-state index in [0.29, 0.717) is 6.54 Å². The Hall–Kier alpha value is -0.720. The fourth-order valence-corrected chi connectivity index (χ4v) is 3.59. The highest BCUT2D eigenvalue weighted by Gasteiger charge is 2.59. The number of nitrogens with one attached hydrogen (secondary N) is 1. The van der Waals surface area contributed by atoms with Gasteiger partial charge in [-0.25, -0.2) is 0 Å². The summed E-state index contributed by atoms with van der Waals surface area (Å²) in [5.74, 6) is 0.181. The maximum atomic E-state index is 12.5. The smallest absolute Gasteiger partial charge is 0.244 e. The fraction of sp³-hybridized carbons (Fsp3) is 0.615. The molecule has 1 aromatic heterocycles. The molecule has 1 N–H and O–H groups in total. The van der Waals surface area contributed by atoms with Crippen LogP contribution in [0.15, 0.2) is 16.8 Å². The molecule has 2 heterocycles. The monoisotopic (exact) mass is 298 g/mol. The zero-order valence-corrected chi connectivity index (χ0v) is 12.7. The molecule has 1 amide bonds. The molecule has 0 bridgehead atoms. The number of rotatable bonds is 4. The van der Waals surface area contributed by atoms with Crippen molar-refractivity contribution in [3.05, 3.63) is 22.4 Å². The normalized spacial score (nSPS) is 27.8. The van der Waals surface area contributed by atoms with Crippen molar-refractivity contribution in [2.75, 3.05) is 12.8 Å². The molecule has 1 aliphatic carbocycles. The van der Waals surface area contributed by atoms with Gasteiger partial charge < -0.3 is 4.90 Å². The van der Waals surface area contributed by atoms with Gasteiger partial charge in [-0.15, -0.1) is 0 Å². The van der Waals surface area contributed by atoms with Crippen LogP contribution in [0.2, 0.25) is 0 Å². The van der Waals surface area contributed by atoms with Gasteiger partial charge >= 0.3 is 0 Å². The topological polar surface area (TPSA) is 49.4 Å². The molecule has 104 valence electrons. The van der Waals surface area contributed by atoms with E-state index in [2.05, 4.69) is 16.8 Å². The van der Waals surface area contributed by atoms with E-state index in [4.69, 9.17) is 0 Å². The van der Waals surface area contributed by atoms with E-state index in [0.717, 1.165) is 18.4 Å². The molecule has 0 radical (unpaired) electrons. The van der Waals surface area contributed by atoms with Crippen molar-refractivity contribution in [3.8, 4) is 0 Å². The van der Waals surface area contributed by atoms with Crippen LogP contribution in [0.1, 0.15) is 31.5 Å². The summed E-state index contributed by atoms with van der Waals surface area (Å²) in [7, 11) is -0.906. The van der Waals surface area contributed by atoms with Crippen molar-refractivity contribution in [2.24, 2.45) is 0 Å². The molecule has 3 rings (SSSR count). The minimum atomic E-state index is -0.906. The molecule has 1 aromatic rings. The second-order valence-corrected chi connectivity index (χ2v) is 8.03. The van der Waals surface area contributed by atoms with Gasteiger partial charge in [0.1, 0.15) is 11.7 Å². The highest BCUT2D eigenvalue weighted by molar-refractivity contribution is 7.84. The Kier molecular flexibility index (Phi) is 3.27. The van der Waals surface area contributed by atoms with Crippen LogP contribution < -0.4 is 5.32 Å². The summed E-state index contributed by atoms with van der Waals surface area (Å²) in [6.45, 7) is 2.49. The molecule has 1 aliphatic heterocycles. The van der Waals surface area contributed by atoms with Gasteiger partial charge in [0.2, 0.25) is 5.91 Å². The van der Waals surface area contributed by atoms with E-state index < -0.39 is 10.8 Å². The van der Waals surface area contributed by atoms with Gasteiger partial charge in [0.15, 0.2) is 0 Å². The lowest BCUT2D eigenvalue weighted by molar-refractivity contribution is -0.130. The van der Waals surface area contributed by atoms with Crippen molar-refractivity contribution >= 4 is 28.0 Å². The Morgan fingerprint density at radius 3 is 2.89 bits per heavy atom. The number of thiophene rings is 1. The Bertz CT molecular complexity index is 511. The Morgan fingerprint density at radius 2 is 2.37 bits per heavy atom. The predicted octanol–water partition coefficient (Wildman–Crippen LogP) is 1.48. The number of hydrogen-bond acceptors (Lipinski definition) is 4. The van der Waals surface area contributed by atoms with Gasteiger partial charge in [-0.05, 0) is 42.2 Å². The van der Waals surface area contributed by atoms with E-state index in [1.807, 2.05) is 17.2 Å². The van der Waals surface area contributed by atoms with Crippen LogP contribution in [0.4, 0.5) is 0 Å². The average Bonchev–Trinajstić information content (AvgIpc) is 2.85. The van der Waals surface area contributed by atoms with Crippen LogP contribution in [-0.4, -0.2) is 38.6 Å². The van der Waals surface area contributed by atoms with E-state index in [-0.39, 0.29) is 22.9 Å². The van der Waals surface area contributed by atoms with E-state index in [9.17, 15) is 9.00 Å². The minimum Gasteiger partial charge on any atom is -0.320 e. The van der Waals surface area contributed by atoms with Crippen molar-refractivity contribution in [3.63, 3.8) is 0 Å². The second kappa shape index (κ2) is 4.68. The molecule has 3 unspecified atom stereocenters. The van der Waals surface area contributed by atoms with Crippen molar-refractivity contribution < 1.29 is 9.00 Å². The van der Waals surface area contributed by atoms with Crippen LogP contribution in [0, 0.1) is 0 Å². The first-order valence-electron chi connectivity index (χ1n) is 6.46. The maximum absolute atomic E-state index is 12.5. The van der Waals surface area contributed by atoms with Crippen LogP contribution in [0.5, 0.6) is 0 Å². The van der Waals surface area contributed by atoms with Crippen molar-refractivity contribution in [1.29, 1.82) is 0 Å². The van der Waals surface area contributed by atoms with Crippen molar-refractivity contribution in [1.82, 2.24) is 10.2 Å². The average molecular weight is 298 g/mol. The Balaban J connectivity index is 1.85. The Morgan fingerprint density at radius 1 is 1.63 bits per heavy atom. The summed E-state index contributed by atoms with van der Waals surface area (Å²) < 4.78 is 11.6. The first kappa shape index (κ1) is 13.3. The third-order valence-corrected chi connectivity index (χ3v) is 6.01. The van der Waals surface area contributed by atoms with Gasteiger partial charge in [0, 0.05) is 28.9 Å². The molecular weight excluding hydrogens is 280 g/mol. The molecule has 0 aromatic carbocycles. The molecule has 3 atom stereocenters. The van der Waals surface area contributed by atoms with E-state index in [1.165, 1.54) is 0 Å². The van der Waals surface area contributed by atoms with Crippen molar-refractivity contribution in [2.45, 2.75) is 36.7 Å². The maximum Gasteiger partial charge on any atom is 0.244 e. The third kappa shape index (κ3) is 2.26. The molecular formula is C13H18N2O2S2. The largest absolute Gasteiger partial charge is 0.320 e. The highest BCUT2D eigenvalue weighted by atomic mass is 32.2. The number of carbonyl (C=O) groups is 1. The third-order valence-electron chi connectivity index (χ3n) is 4.02. The second-order valence-electron chi connectivity index (χ2n) is 5.45. The first-order chi connectivity index (χ1) is 9.03. The quantitative estimate of drug-likeness (QED) is 0.916. The lowest BCUT2D eigenvalue weighted by Crippen LogP contribution is -2.38. The highest BCUT2D eigenvalue weighted by Crippen LogP contribution is 2.46. The number of carbonyl (C=O) groups excluding carboxylic acids is 1. The molecule has 1 saturated heterocycles. The molecule has 6 heteroatoms.